The maximum absolute atomic E-state index is 12.8. The summed E-state index contributed by atoms with van der Waals surface area (Å²) < 4.78 is 38.5. The molecule has 23 heavy (non-hydrogen) atoms. The fourth-order valence-electron chi connectivity index (χ4n) is 1.73. The number of hydrogen-bond donors (Lipinski definition) is 3. The van der Waals surface area contributed by atoms with Gasteiger partial charge in [0.1, 0.15) is 6.04 Å². The van der Waals surface area contributed by atoms with Gasteiger partial charge in [-0.2, -0.15) is 13.2 Å². The summed E-state index contributed by atoms with van der Waals surface area (Å²) in [4.78, 5) is 23.6. The molecule has 8 heteroatoms. The molecule has 1 aromatic rings. The Morgan fingerprint density at radius 3 is 2.30 bits per heavy atom. The van der Waals surface area contributed by atoms with Gasteiger partial charge in [-0.25, -0.2) is 4.79 Å². The molecule has 1 aromatic carbocycles. The van der Waals surface area contributed by atoms with Gasteiger partial charge in [0.15, 0.2) is 0 Å². The van der Waals surface area contributed by atoms with Crippen molar-refractivity contribution >= 4 is 17.6 Å². The Morgan fingerprint density at radius 2 is 1.74 bits per heavy atom. The van der Waals surface area contributed by atoms with E-state index < -0.39 is 29.7 Å². The maximum Gasteiger partial charge on any atom is 0.418 e. The first-order valence-corrected chi connectivity index (χ1v) is 7.19. The molecule has 3 N–H and O–H groups in total. The highest BCUT2D eigenvalue weighted by atomic mass is 19.4. The molecule has 3 amide bonds. The Hall–Kier alpha value is -2.25. The summed E-state index contributed by atoms with van der Waals surface area (Å²) in [5.74, 6) is -0.404. The van der Waals surface area contributed by atoms with Gasteiger partial charge in [-0.1, -0.05) is 19.1 Å². The lowest BCUT2D eigenvalue weighted by Gasteiger charge is -2.18. The lowest BCUT2D eigenvalue weighted by Crippen LogP contribution is -2.48. The quantitative estimate of drug-likeness (QED) is 0.776. The smallest absolute Gasteiger partial charge is 0.352 e. The topological polar surface area (TPSA) is 70.2 Å². The average Bonchev–Trinajstić information content (AvgIpc) is 2.46. The van der Waals surface area contributed by atoms with E-state index in [2.05, 4.69) is 16.0 Å². The number of alkyl halides is 3. The Balaban J connectivity index is 2.69. The molecule has 0 aliphatic rings. The molecule has 0 bridgehead atoms. The van der Waals surface area contributed by atoms with Crippen LogP contribution in [0.5, 0.6) is 0 Å². The van der Waals surface area contributed by atoms with Gasteiger partial charge in [0.05, 0.1) is 11.3 Å². The van der Waals surface area contributed by atoms with Crippen molar-refractivity contribution in [3.8, 4) is 0 Å². The first-order valence-electron chi connectivity index (χ1n) is 7.19. The van der Waals surface area contributed by atoms with E-state index in [-0.39, 0.29) is 11.7 Å². The zero-order valence-corrected chi connectivity index (χ0v) is 13.1. The molecule has 0 fully saturated rings. The van der Waals surface area contributed by atoms with Crippen LogP contribution in [0.1, 0.15) is 32.8 Å². The molecular weight excluding hydrogens is 311 g/mol. The van der Waals surface area contributed by atoms with Crippen LogP contribution in [0.3, 0.4) is 0 Å². The summed E-state index contributed by atoms with van der Waals surface area (Å²) in [7, 11) is 0. The maximum atomic E-state index is 12.8. The molecule has 0 radical (unpaired) electrons. The molecule has 0 saturated carbocycles. The number of carbonyl (C=O) groups excluding carboxylic acids is 2. The van der Waals surface area contributed by atoms with Crippen molar-refractivity contribution in [2.24, 2.45) is 0 Å². The number of carbonyl (C=O) groups is 2. The number of anilines is 1. The van der Waals surface area contributed by atoms with Crippen molar-refractivity contribution in [2.75, 3.05) is 5.32 Å². The Bertz CT molecular complexity index is 561. The third-order valence-corrected chi connectivity index (χ3v) is 3.22. The molecule has 0 spiro atoms. The molecule has 5 nitrogen and oxygen atoms in total. The monoisotopic (exact) mass is 331 g/mol. The normalized spacial score (nSPS) is 13.8. The minimum absolute atomic E-state index is 0.0548. The zero-order valence-electron chi connectivity index (χ0n) is 13.1. The standard InChI is InChI=1S/C15H20F3N3O2/c1-4-9(2)19-13(22)10(3)20-14(23)21-12-8-6-5-7-11(12)15(16,17)18/h5-10H,4H2,1-3H3,(H,19,22)(H2,20,21,23)/t9-,10-/m1/s1. The van der Waals surface area contributed by atoms with Crippen molar-refractivity contribution in [3.63, 3.8) is 0 Å². The Kier molecular flexibility index (Phi) is 6.41. The fraction of sp³-hybridized carbons (Fsp3) is 0.467. The van der Waals surface area contributed by atoms with Crippen LogP contribution in [0.15, 0.2) is 24.3 Å². The molecule has 1 rings (SSSR count). The molecule has 0 heterocycles. The molecule has 0 aliphatic carbocycles. The third kappa shape index (κ3) is 5.80. The number of benzene rings is 1. The van der Waals surface area contributed by atoms with E-state index in [4.69, 9.17) is 0 Å². The molecular formula is C15H20F3N3O2. The second kappa shape index (κ2) is 7.85. The Labute approximate surface area is 132 Å². The predicted molar refractivity (Wildman–Crippen MR) is 81.0 cm³/mol. The van der Waals surface area contributed by atoms with E-state index >= 15 is 0 Å². The van der Waals surface area contributed by atoms with E-state index in [0.29, 0.717) is 0 Å². The van der Waals surface area contributed by atoms with Gasteiger partial charge in [-0.15, -0.1) is 0 Å². The average molecular weight is 331 g/mol. The van der Waals surface area contributed by atoms with Gasteiger partial charge in [0.25, 0.3) is 0 Å². The minimum atomic E-state index is -4.58. The van der Waals surface area contributed by atoms with E-state index in [0.717, 1.165) is 18.6 Å². The van der Waals surface area contributed by atoms with Crippen LogP contribution in [0, 0.1) is 0 Å². The van der Waals surface area contributed by atoms with E-state index in [1.54, 1.807) is 0 Å². The van der Waals surface area contributed by atoms with E-state index in [1.165, 1.54) is 19.1 Å². The zero-order chi connectivity index (χ0) is 17.6. The van der Waals surface area contributed by atoms with Crippen LogP contribution in [-0.4, -0.2) is 24.0 Å². The van der Waals surface area contributed by atoms with Gasteiger partial charge in [-0.05, 0) is 32.4 Å². The third-order valence-electron chi connectivity index (χ3n) is 3.22. The Morgan fingerprint density at radius 1 is 1.13 bits per heavy atom. The first-order chi connectivity index (χ1) is 10.6. The highest BCUT2D eigenvalue weighted by Crippen LogP contribution is 2.34. The molecule has 2 atom stereocenters. The molecule has 0 aliphatic heterocycles. The largest absolute Gasteiger partial charge is 0.418 e. The predicted octanol–water partition coefficient (Wildman–Crippen LogP) is 3.13. The van der Waals surface area contributed by atoms with Gasteiger partial charge < -0.3 is 16.0 Å². The van der Waals surface area contributed by atoms with E-state index in [1.807, 2.05) is 13.8 Å². The second-order valence-electron chi connectivity index (χ2n) is 5.18. The van der Waals surface area contributed by atoms with Gasteiger partial charge in [0.2, 0.25) is 5.91 Å². The van der Waals surface area contributed by atoms with Crippen molar-refractivity contribution < 1.29 is 22.8 Å². The lowest BCUT2D eigenvalue weighted by atomic mass is 10.1. The van der Waals surface area contributed by atoms with Crippen molar-refractivity contribution in [1.29, 1.82) is 0 Å². The summed E-state index contributed by atoms with van der Waals surface area (Å²) in [5, 5.41) is 7.10. The fourth-order valence-corrected chi connectivity index (χ4v) is 1.73. The molecule has 0 unspecified atom stereocenters. The summed E-state index contributed by atoms with van der Waals surface area (Å²) >= 11 is 0. The highest BCUT2D eigenvalue weighted by Gasteiger charge is 2.33. The van der Waals surface area contributed by atoms with Crippen molar-refractivity contribution in [2.45, 2.75) is 45.5 Å². The number of nitrogens with one attached hydrogen (secondary N) is 3. The van der Waals surface area contributed by atoms with Crippen molar-refractivity contribution in [3.05, 3.63) is 29.8 Å². The van der Waals surface area contributed by atoms with E-state index in [9.17, 15) is 22.8 Å². The SMILES string of the molecule is CC[C@@H](C)NC(=O)[C@@H](C)NC(=O)Nc1ccccc1C(F)(F)F. The lowest BCUT2D eigenvalue weighted by molar-refractivity contribution is -0.137. The molecule has 0 aromatic heterocycles. The number of rotatable bonds is 5. The number of halogens is 3. The second-order valence-corrected chi connectivity index (χ2v) is 5.18. The summed E-state index contributed by atoms with van der Waals surface area (Å²) in [6.07, 6.45) is -3.85. The van der Waals surface area contributed by atoms with Crippen LogP contribution in [-0.2, 0) is 11.0 Å². The summed E-state index contributed by atoms with van der Waals surface area (Å²) in [6.45, 7) is 5.15. The number of amides is 3. The van der Waals surface area contributed by atoms with Gasteiger partial charge >= 0.3 is 12.2 Å². The van der Waals surface area contributed by atoms with Gasteiger partial charge in [-0.3, -0.25) is 4.79 Å². The molecule has 128 valence electrons. The molecule has 0 saturated heterocycles. The number of urea groups is 1. The van der Waals surface area contributed by atoms with Crippen LogP contribution in [0.4, 0.5) is 23.7 Å². The first kappa shape index (κ1) is 18.8. The summed E-state index contributed by atoms with van der Waals surface area (Å²) in [6, 6.07) is 2.82. The van der Waals surface area contributed by atoms with Crippen molar-refractivity contribution in [1.82, 2.24) is 10.6 Å². The van der Waals surface area contributed by atoms with Crippen LogP contribution >= 0.6 is 0 Å². The number of para-hydroxylation sites is 1. The highest BCUT2D eigenvalue weighted by molar-refractivity contribution is 5.94. The number of hydrogen-bond acceptors (Lipinski definition) is 2. The minimum Gasteiger partial charge on any atom is -0.352 e. The van der Waals surface area contributed by atoms with Crippen LogP contribution in [0.2, 0.25) is 0 Å². The van der Waals surface area contributed by atoms with Gasteiger partial charge in [0, 0.05) is 6.04 Å². The van der Waals surface area contributed by atoms with Crippen LogP contribution < -0.4 is 16.0 Å². The van der Waals surface area contributed by atoms with Crippen LogP contribution in [0.25, 0.3) is 0 Å². The summed E-state index contributed by atoms with van der Waals surface area (Å²) in [5.41, 5.74) is -1.32.